The van der Waals surface area contributed by atoms with Crippen LogP contribution in [0.5, 0.6) is 0 Å². The molecule has 1 aromatic heterocycles. The van der Waals surface area contributed by atoms with Gasteiger partial charge >= 0.3 is 0 Å². The van der Waals surface area contributed by atoms with Gasteiger partial charge in [0.25, 0.3) is 5.91 Å². The third-order valence-corrected chi connectivity index (χ3v) is 3.88. The monoisotopic (exact) mass is 233 g/mol. The first-order chi connectivity index (χ1) is 8.34. The summed E-state index contributed by atoms with van der Waals surface area (Å²) < 4.78 is 2.14. The number of hydrogen-bond acceptors (Lipinski definition) is 2. The van der Waals surface area contributed by atoms with E-state index >= 15 is 0 Å². The van der Waals surface area contributed by atoms with Crippen molar-refractivity contribution < 1.29 is 4.79 Å². The Labute approximate surface area is 101 Å². The van der Waals surface area contributed by atoms with Crippen molar-refractivity contribution in [2.75, 3.05) is 13.1 Å². The van der Waals surface area contributed by atoms with E-state index in [2.05, 4.69) is 15.2 Å². The van der Waals surface area contributed by atoms with Crippen molar-refractivity contribution in [1.29, 1.82) is 0 Å². The van der Waals surface area contributed by atoms with Gasteiger partial charge in [0.2, 0.25) is 0 Å². The zero-order valence-electron chi connectivity index (χ0n) is 9.98. The van der Waals surface area contributed by atoms with Crippen LogP contribution in [-0.4, -0.2) is 29.6 Å². The molecule has 0 bridgehead atoms. The van der Waals surface area contributed by atoms with Gasteiger partial charge in [-0.3, -0.25) is 4.79 Å². The second kappa shape index (κ2) is 4.53. The molecule has 0 spiro atoms. The molecule has 2 fully saturated rings. The van der Waals surface area contributed by atoms with Crippen LogP contribution in [0.15, 0.2) is 18.3 Å². The summed E-state index contributed by atoms with van der Waals surface area (Å²) >= 11 is 0. The molecule has 1 saturated heterocycles. The van der Waals surface area contributed by atoms with Crippen molar-refractivity contribution in [3.05, 3.63) is 24.0 Å². The summed E-state index contributed by atoms with van der Waals surface area (Å²) in [6.45, 7) is 1.91. The molecule has 2 N–H and O–H groups in total. The molecule has 1 aromatic rings. The van der Waals surface area contributed by atoms with E-state index in [1.165, 1.54) is 19.3 Å². The summed E-state index contributed by atoms with van der Waals surface area (Å²) in [7, 11) is 0. The lowest BCUT2D eigenvalue weighted by atomic mass is 9.93. The lowest BCUT2D eigenvalue weighted by molar-refractivity contribution is 0.0925. The average molecular weight is 233 g/mol. The average Bonchev–Trinajstić information content (AvgIpc) is 2.85. The molecule has 4 nitrogen and oxygen atoms in total. The number of carbonyl (C=O) groups excluding carboxylic acids is 1. The van der Waals surface area contributed by atoms with Gasteiger partial charge in [-0.2, -0.15) is 0 Å². The molecule has 0 radical (unpaired) electrons. The van der Waals surface area contributed by atoms with Crippen molar-refractivity contribution in [3.63, 3.8) is 0 Å². The summed E-state index contributed by atoms with van der Waals surface area (Å²) in [6, 6.07) is 4.75. The van der Waals surface area contributed by atoms with Crippen LogP contribution >= 0.6 is 0 Å². The Hall–Kier alpha value is -1.29. The number of carbonyl (C=O) groups is 1. The number of nitrogens with one attached hydrogen (secondary N) is 2. The second-order valence-corrected chi connectivity index (χ2v) is 5.05. The van der Waals surface area contributed by atoms with E-state index in [0.29, 0.717) is 12.1 Å². The summed E-state index contributed by atoms with van der Waals surface area (Å²) in [5.41, 5.74) is 0.821. The van der Waals surface area contributed by atoms with Crippen molar-refractivity contribution >= 4 is 5.91 Å². The van der Waals surface area contributed by atoms with Gasteiger partial charge < -0.3 is 15.2 Å². The Morgan fingerprint density at radius 3 is 2.94 bits per heavy atom. The maximum Gasteiger partial charge on any atom is 0.268 e. The molecule has 1 aliphatic carbocycles. The van der Waals surface area contributed by atoms with E-state index in [-0.39, 0.29) is 5.91 Å². The summed E-state index contributed by atoms with van der Waals surface area (Å²) in [5, 5.41) is 6.36. The fourth-order valence-electron chi connectivity index (χ4n) is 2.61. The topological polar surface area (TPSA) is 46.1 Å². The predicted molar refractivity (Wildman–Crippen MR) is 66.1 cm³/mol. The number of nitrogens with zero attached hydrogens (tertiary/aromatic N) is 1. The molecule has 1 amide bonds. The Balaban J connectivity index is 1.69. The van der Waals surface area contributed by atoms with Crippen molar-refractivity contribution in [2.45, 2.75) is 37.8 Å². The molecule has 92 valence electrons. The van der Waals surface area contributed by atoms with Crippen LogP contribution in [0.4, 0.5) is 0 Å². The SMILES string of the molecule is O=C(N[C@@H]1CCNC1)c1cccn1C1CCC1. The minimum atomic E-state index is 0.0793. The summed E-state index contributed by atoms with van der Waals surface area (Å²) in [5.74, 6) is 0.0793. The number of rotatable bonds is 3. The van der Waals surface area contributed by atoms with Crippen molar-refractivity contribution in [2.24, 2.45) is 0 Å². The van der Waals surface area contributed by atoms with E-state index < -0.39 is 0 Å². The largest absolute Gasteiger partial charge is 0.347 e. The molecule has 0 aromatic carbocycles. The Kier molecular flexibility index (Phi) is 2.89. The molecule has 2 heterocycles. The first kappa shape index (κ1) is 10.8. The first-order valence-corrected chi connectivity index (χ1v) is 6.53. The van der Waals surface area contributed by atoms with E-state index in [1.54, 1.807) is 0 Å². The molecule has 0 unspecified atom stereocenters. The summed E-state index contributed by atoms with van der Waals surface area (Å²) in [4.78, 5) is 12.2. The maximum absolute atomic E-state index is 12.2. The fraction of sp³-hybridized carbons (Fsp3) is 0.615. The molecular weight excluding hydrogens is 214 g/mol. The molecule has 4 heteroatoms. The van der Waals surface area contributed by atoms with Gasteiger partial charge in [0.15, 0.2) is 0 Å². The molecule has 1 saturated carbocycles. The Bertz CT molecular complexity index is 403. The zero-order valence-corrected chi connectivity index (χ0v) is 9.98. The quantitative estimate of drug-likeness (QED) is 0.826. The molecule has 17 heavy (non-hydrogen) atoms. The number of amides is 1. The fourth-order valence-corrected chi connectivity index (χ4v) is 2.61. The van der Waals surface area contributed by atoms with Crippen LogP contribution in [-0.2, 0) is 0 Å². The lowest BCUT2D eigenvalue weighted by Gasteiger charge is -2.29. The van der Waals surface area contributed by atoms with Crippen molar-refractivity contribution in [1.82, 2.24) is 15.2 Å². The van der Waals surface area contributed by atoms with Gasteiger partial charge in [0.1, 0.15) is 5.69 Å². The highest BCUT2D eigenvalue weighted by atomic mass is 16.2. The third-order valence-electron chi connectivity index (χ3n) is 3.88. The number of hydrogen-bond donors (Lipinski definition) is 2. The van der Waals surface area contributed by atoms with Gasteiger partial charge in [-0.15, -0.1) is 0 Å². The minimum Gasteiger partial charge on any atom is -0.347 e. The number of aromatic nitrogens is 1. The van der Waals surface area contributed by atoms with Crippen molar-refractivity contribution in [3.8, 4) is 0 Å². The van der Waals surface area contributed by atoms with E-state index in [9.17, 15) is 4.79 Å². The minimum absolute atomic E-state index is 0.0793. The first-order valence-electron chi connectivity index (χ1n) is 6.53. The van der Waals surface area contributed by atoms with E-state index in [1.807, 2.05) is 18.3 Å². The lowest BCUT2D eigenvalue weighted by Crippen LogP contribution is -2.37. The normalized spacial score (nSPS) is 24.6. The van der Waals surface area contributed by atoms with Crippen LogP contribution in [0.2, 0.25) is 0 Å². The highest BCUT2D eigenvalue weighted by Gasteiger charge is 2.24. The second-order valence-electron chi connectivity index (χ2n) is 5.05. The summed E-state index contributed by atoms with van der Waals surface area (Å²) in [6.07, 6.45) is 6.78. The van der Waals surface area contributed by atoms with Gasteiger partial charge in [-0.25, -0.2) is 0 Å². The third kappa shape index (κ3) is 2.09. The van der Waals surface area contributed by atoms with Crippen LogP contribution in [0.1, 0.15) is 42.2 Å². The standard InChI is InChI=1S/C13H19N3O/c17-13(15-10-6-7-14-9-10)12-5-2-8-16(12)11-3-1-4-11/h2,5,8,10-11,14H,1,3-4,6-7,9H2,(H,15,17)/t10-/m1/s1. The van der Waals surface area contributed by atoms with Gasteiger partial charge in [-0.1, -0.05) is 0 Å². The maximum atomic E-state index is 12.2. The van der Waals surface area contributed by atoms with E-state index in [0.717, 1.165) is 25.2 Å². The van der Waals surface area contributed by atoms with Gasteiger partial charge in [0, 0.05) is 24.8 Å². The smallest absolute Gasteiger partial charge is 0.268 e. The van der Waals surface area contributed by atoms with Gasteiger partial charge in [-0.05, 0) is 44.4 Å². The molecule has 2 aliphatic rings. The predicted octanol–water partition coefficient (Wildman–Crippen LogP) is 1.30. The molecule has 3 rings (SSSR count). The highest BCUT2D eigenvalue weighted by Crippen LogP contribution is 2.32. The molecule has 1 aliphatic heterocycles. The highest BCUT2D eigenvalue weighted by molar-refractivity contribution is 5.93. The van der Waals surface area contributed by atoms with Crippen LogP contribution in [0.3, 0.4) is 0 Å². The van der Waals surface area contributed by atoms with Crippen LogP contribution in [0.25, 0.3) is 0 Å². The van der Waals surface area contributed by atoms with Crippen LogP contribution in [0, 0.1) is 0 Å². The van der Waals surface area contributed by atoms with E-state index in [4.69, 9.17) is 0 Å². The Morgan fingerprint density at radius 1 is 1.41 bits per heavy atom. The molecule has 1 atom stereocenters. The zero-order chi connectivity index (χ0) is 11.7. The van der Waals surface area contributed by atoms with Gasteiger partial charge in [0.05, 0.1) is 0 Å². The van der Waals surface area contributed by atoms with Crippen LogP contribution < -0.4 is 10.6 Å². The molecular formula is C13H19N3O. The Morgan fingerprint density at radius 2 is 2.29 bits per heavy atom.